The maximum Gasteiger partial charge on any atom is 0.267 e. The number of aromatic nitrogens is 2. The number of aryl methyl sites for hydroxylation is 2. The minimum atomic E-state index is -0.287. The van der Waals surface area contributed by atoms with E-state index in [0.29, 0.717) is 29.4 Å². The van der Waals surface area contributed by atoms with Crippen LogP contribution < -0.4 is 20.5 Å². The monoisotopic (exact) mass is 604 g/mol. The van der Waals surface area contributed by atoms with Crippen LogP contribution in [-0.4, -0.2) is 40.6 Å². The second kappa shape index (κ2) is 14.5. The van der Waals surface area contributed by atoms with Gasteiger partial charge in [-0.15, -0.1) is 11.3 Å². The number of carbonyl (C=O) groups excluding carboxylic acids is 1. The molecule has 1 aliphatic carbocycles. The van der Waals surface area contributed by atoms with Gasteiger partial charge in [0.25, 0.3) is 11.5 Å². The number of unbranched alkanes of at least 4 members (excludes halogenated alkanes) is 2. The van der Waals surface area contributed by atoms with Gasteiger partial charge in [-0.1, -0.05) is 31.5 Å². The van der Waals surface area contributed by atoms with Crippen molar-refractivity contribution in [2.24, 2.45) is 5.10 Å². The zero-order valence-corrected chi connectivity index (χ0v) is 25.7. The molecule has 4 aromatic rings. The first-order valence-electron chi connectivity index (χ1n) is 14.6. The number of fused-ring (bicyclic) bond motifs is 3. The van der Waals surface area contributed by atoms with Crippen LogP contribution in [0.3, 0.4) is 0 Å². The molecule has 0 fully saturated rings. The fraction of sp³-hybridized carbons (Fsp3) is 0.375. The topological polar surface area (TPSA) is 94.8 Å². The lowest BCUT2D eigenvalue weighted by Crippen LogP contribution is -2.24. The first-order valence-corrected chi connectivity index (χ1v) is 16.4. The summed E-state index contributed by atoms with van der Waals surface area (Å²) in [4.78, 5) is 33.5. The third-order valence-corrected chi connectivity index (χ3v) is 9.12. The lowest BCUT2D eigenvalue weighted by molar-refractivity contribution is -0.118. The number of rotatable bonds is 13. The predicted octanol–water partition coefficient (Wildman–Crippen LogP) is 6.54. The Morgan fingerprint density at radius 2 is 1.79 bits per heavy atom. The van der Waals surface area contributed by atoms with Crippen molar-refractivity contribution >= 4 is 45.4 Å². The van der Waals surface area contributed by atoms with E-state index in [9.17, 15) is 9.59 Å². The van der Waals surface area contributed by atoms with Gasteiger partial charge in [0.2, 0.25) is 0 Å². The molecule has 8 nitrogen and oxygen atoms in total. The molecule has 1 aliphatic rings. The number of ether oxygens (including phenoxy) is 2. The average molecular weight is 605 g/mol. The van der Waals surface area contributed by atoms with Gasteiger partial charge < -0.3 is 9.47 Å². The molecule has 0 unspecified atom stereocenters. The lowest BCUT2D eigenvalue weighted by atomic mass is 9.97. The van der Waals surface area contributed by atoms with Gasteiger partial charge >= 0.3 is 0 Å². The van der Waals surface area contributed by atoms with Gasteiger partial charge in [0.15, 0.2) is 5.16 Å². The standard InChI is InChI=1S/C32H36N4O4S2/c1-3-5-8-19-40-25-15-11-22(12-16-25)20-33-35-28(37)21-41-32-34-30-29(26-9-6-7-10-27(26)42-30)31(38)36(32)23-13-17-24(18-14-23)39-4-2/h11-18,20H,3-10,19,21H2,1-2H3,(H,35,37). The van der Waals surface area contributed by atoms with Crippen LogP contribution in [0.2, 0.25) is 0 Å². The van der Waals surface area contributed by atoms with E-state index >= 15 is 0 Å². The number of amides is 1. The minimum absolute atomic E-state index is 0.0575. The van der Waals surface area contributed by atoms with Crippen molar-refractivity contribution in [3.8, 4) is 17.2 Å². The van der Waals surface area contributed by atoms with Crippen molar-refractivity contribution in [2.45, 2.75) is 63.9 Å². The number of carbonyl (C=O) groups is 1. The zero-order valence-electron chi connectivity index (χ0n) is 24.1. The molecule has 5 rings (SSSR count). The molecule has 0 saturated carbocycles. The maximum atomic E-state index is 13.9. The van der Waals surface area contributed by atoms with E-state index < -0.39 is 0 Å². The first-order chi connectivity index (χ1) is 20.6. The summed E-state index contributed by atoms with van der Waals surface area (Å²) in [6, 6.07) is 15.0. The summed E-state index contributed by atoms with van der Waals surface area (Å²) in [7, 11) is 0. The van der Waals surface area contributed by atoms with Crippen LogP contribution in [0.4, 0.5) is 0 Å². The molecule has 2 heterocycles. The summed E-state index contributed by atoms with van der Waals surface area (Å²) >= 11 is 2.83. The zero-order chi connectivity index (χ0) is 29.3. The fourth-order valence-corrected chi connectivity index (χ4v) is 7.01. The van der Waals surface area contributed by atoms with Gasteiger partial charge in [0.05, 0.1) is 36.3 Å². The van der Waals surface area contributed by atoms with Gasteiger partial charge in [-0.05, 0) is 98.7 Å². The molecule has 2 aromatic heterocycles. The molecule has 0 spiro atoms. The molecule has 0 atom stereocenters. The highest BCUT2D eigenvalue weighted by Gasteiger charge is 2.23. The van der Waals surface area contributed by atoms with Gasteiger partial charge in [-0.25, -0.2) is 10.4 Å². The highest BCUT2D eigenvalue weighted by atomic mass is 32.2. The van der Waals surface area contributed by atoms with Gasteiger partial charge in [-0.2, -0.15) is 5.10 Å². The predicted molar refractivity (Wildman–Crippen MR) is 171 cm³/mol. The van der Waals surface area contributed by atoms with E-state index in [1.165, 1.54) is 16.6 Å². The van der Waals surface area contributed by atoms with Crippen molar-refractivity contribution in [3.63, 3.8) is 0 Å². The Morgan fingerprint density at radius 3 is 2.55 bits per heavy atom. The Balaban J connectivity index is 1.29. The number of nitrogens with one attached hydrogen (secondary N) is 1. The first kappa shape index (κ1) is 29.8. The third-order valence-electron chi connectivity index (χ3n) is 7.00. The summed E-state index contributed by atoms with van der Waals surface area (Å²) in [5.74, 6) is 1.32. The summed E-state index contributed by atoms with van der Waals surface area (Å²) in [6.07, 6.45) is 9.05. The molecular formula is C32H36N4O4S2. The highest BCUT2D eigenvalue weighted by molar-refractivity contribution is 7.99. The van der Waals surface area contributed by atoms with Crippen molar-refractivity contribution in [2.75, 3.05) is 19.0 Å². The number of hydrogen-bond acceptors (Lipinski definition) is 8. The third kappa shape index (κ3) is 7.22. The van der Waals surface area contributed by atoms with Crippen molar-refractivity contribution < 1.29 is 14.3 Å². The summed E-state index contributed by atoms with van der Waals surface area (Å²) in [6.45, 7) is 5.37. The number of benzene rings is 2. The number of hydrazone groups is 1. The molecule has 1 amide bonds. The molecule has 0 bridgehead atoms. The number of hydrogen-bond donors (Lipinski definition) is 1. The Hall–Kier alpha value is -3.63. The van der Waals surface area contributed by atoms with Gasteiger partial charge in [0.1, 0.15) is 16.3 Å². The molecule has 42 heavy (non-hydrogen) atoms. The van der Waals surface area contributed by atoms with Crippen LogP contribution in [-0.2, 0) is 17.6 Å². The Morgan fingerprint density at radius 1 is 1.05 bits per heavy atom. The van der Waals surface area contributed by atoms with Crippen molar-refractivity contribution in [1.82, 2.24) is 15.0 Å². The molecule has 0 saturated heterocycles. The minimum Gasteiger partial charge on any atom is -0.494 e. The molecule has 2 aromatic carbocycles. The van der Waals surface area contributed by atoms with E-state index in [0.717, 1.165) is 72.4 Å². The van der Waals surface area contributed by atoms with Crippen LogP contribution in [0.15, 0.2) is 63.6 Å². The molecule has 10 heteroatoms. The SMILES string of the molecule is CCCCCOc1ccc(C=NNC(=O)CSc2nc3sc4c(c3c(=O)n2-c2ccc(OCC)cc2)CCCC4)cc1. The fourth-order valence-electron chi connectivity index (χ4n) is 4.90. The summed E-state index contributed by atoms with van der Waals surface area (Å²) < 4.78 is 13.0. The Kier molecular flexibility index (Phi) is 10.3. The lowest BCUT2D eigenvalue weighted by Gasteiger charge is -2.14. The maximum absolute atomic E-state index is 13.9. The molecule has 0 radical (unpaired) electrons. The normalized spacial score (nSPS) is 12.9. The number of thiophene rings is 1. The number of thioether (sulfide) groups is 1. The smallest absolute Gasteiger partial charge is 0.267 e. The average Bonchev–Trinajstić information content (AvgIpc) is 3.38. The van der Waals surface area contributed by atoms with Crippen LogP contribution >= 0.6 is 23.1 Å². The van der Waals surface area contributed by atoms with Crippen LogP contribution in [0.1, 0.15) is 62.0 Å². The molecule has 1 N–H and O–H groups in total. The molecule has 0 aliphatic heterocycles. The quantitative estimate of drug-likeness (QED) is 0.0613. The second-order valence-electron chi connectivity index (χ2n) is 10.1. The molecule has 220 valence electrons. The van der Waals surface area contributed by atoms with E-state index in [2.05, 4.69) is 17.5 Å². The highest BCUT2D eigenvalue weighted by Crippen LogP contribution is 2.35. The van der Waals surface area contributed by atoms with Crippen molar-refractivity contribution in [1.29, 1.82) is 0 Å². The van der Waals surface area contributed by atoms with Crippen LogP contribution in [0.25, 0.3) is 15.9 Å². The van der Waals surface area contributed by atoms with E-state index in [1.54, 1.807) is 22.1 Å². The summed E-state index contributed by atoms with van der Waals surface area (Å²) in [5.41, 5.74) is 5.16. The Bertz CT molecular complexity index is 1590. The second-order valence-corrected chi connectivity index (χ2v) is 12.1. The molecular weight excluding hydrogens is 569 g/mol. The Labute approximate surface area is 254 Å². The van der Waals surface area contributed by atoms with E-state index in [-0.39, 0.29) is 17.2 Å². The van der Waals surface area contributed by atoms with E-state index in [1.807, 2.05) is 55.5 Å². The van der Waals surface area contributed by atoms with Crippen LogP contribution in [0, 0.1) is 0 Å². The number of nitrogens with zero attached hydrogens (tertiary/aromatic N) is 3. The van der Waals surface area contributed by atoms with Gasteiger partial charge in [-0.3, -0.25) is 14.2 Å². The summed E-state index contributed by atoms with van der Waals surface area (Å²) in [5, 5.41) is 5.29. The van der Waals surface area contributed by atoms with Crippen molar-refractivity contribution in [3.05, 3.63) is 74.9 Å². The van der Waals surface area contributed by atoms with Gasteiger partial charge in [0, 0.05) is 4.88 Å². The largest absolute Gasteiger partial charge is 0.494 e. The van der Waals surface area contributed by atoms with E-state index in [4.69, 9.17) is 14.5 Å². The van der Waals surface area contributed by atoms with Crippen LogP contribution in [0.5, 0.6) is 11.5 Å².